The number of aliphatic hydroxyl groups excluding tert-OH is 1. The van der Waals surface area contributed by atoms with Crippen molar-refractivity contribution in [2.24, 2.45) is 7.05 Å². The number of aliphatic hydroxyl groups is 1. The van der Waals surface area contributed by atoms with Crippen molar-refractivity contribution in [1.29, 1.82) is 0 Å². The lowest BCUT2D eigenvalue weighted by Crippen LogP contribution is -2.06. The van der Waals surface area contributed by atoms with E-state index in [2.05, 4.69) is 21.0 Å². The van der Waals surface area contributed by atoms with Crippen LogP contribution in [-0.4, -0.2) is 14.9 Å². The summed E-state index contributed by atoms with van der Waals surface area (Å²) in [5.74, 6) is -0.414. The van der Waals surface area contributed by atoms with Gasteiger partial charge in [0.25, 0.3) is 0 Å². The predicted molar refractivity (Wildman–Crippen MR) is 66.0 cm³/mol. The highest BCUT2D eigenvalue weighted by molar-refractivity contribution is 9.10. The molecule has 0 radical (unpaired) electrons. The van der Waals surface area contributed by atoms with Crippen LogP contribution in [0.4, 0.5) is 4.39 Å². The van der Waals surface area contributed by atoms with Crippen molar-refractivity contribution >= 4 is 15.9 Å². The standard InChI is InChI=1S/C12H12BrFN2O/c1-16-6-5-8(15-16)7-11(17)12-9(13)3-2-4-10(12)14/h2-6,11,17H,7H2,1H3. The van der Waals surface area contributed by atoms with E-state index in [-0.39, 0.29) is 5.56 Å². The molecule has 0 amide bonds. The SMILES string of the molecule is Cn1ccc(CC(O)c2c(F)cccc2Br)n1. The topological polar surface area (TPSA) is 38.0 Å². The predicted octanol–water partition coefficient (Wildman–Crippen LogP) is 2.60. The van der Waals surface area contributed by atoms with Gasteiger partial charge in [0, 0.05) is 29.7 Å². The van der Waals surface area contributed by atoms with Crippen molar-refractivity contribution in [3.63, 3.8) is 0 Å². The molecule has 1 aromatic carbocycles. The van der Waals surface area contributed by atoms with Crippen LogP contribution >= 0.6 is 15.9 Å². The van der Waals surface area contributed by atoms with Crippen LogP contribution in [0.15, 0.2) is 34.9 Å². The van der Waals surface area contributed by atoms with Gasteiger partial charge in [-0.15, -0.1) is 0 Å². The third kappa shape index (κ3) is 2.73. The number of benzene rings is 1. The quantitative estimate of drug-likeness (QED) is 0.946. The molecule has 0 saturated carbocycles. The molecule has 1 aromatic heterocycles. The van der Waals surface area contributed by atoms with Gasteiger partial charge >= 0.3 is 0 Å². The minimum atomic E-state index is -0.902. The summed E-state index contributed by atoms with van der Waals surface area (Å²) in [5.41, 5.74) is 1.01. The maximum absolute atomic E-state index is 13.6. The number of aromatic nitrogens is 2. The first-order valence-electron chi connectivity index (χ1n) is 5.18. The molecule has 2 aromatic rings. The zero-order chi connectivity index (χ0) is 12.4. The molecule has 1 unspecified atom stereocenters. The van der Waals surface area contributed by atoms with Gasteiger partial charge in [0.2, 0.25) is 0 Å². The molecule has 2 rings (SSSR count). The number of rotatable bonds is 3. The Morgan fingerprint density at radius 1 is 1.47 bits per heavy atom. The lowest BCUT2D eigenvalue weighted by molar-refractivity contribution is 0.171. The van der Waals surface area contributed by atoms with Gasteiger partial charge in [-0.2, -0.15) is 5.10 Å². The molecule has 1 atom stereocenters. The van der Waals surface area contributed by atoms with Crippen molar-refractivity contribution in [2.45, 2.75) is 12.5 Å². The second kappa shape index (κ2) is 4.98. The summed E-state index contributed by atoms with van der Waals surface area (Å²) in [7, 11) is 1.80. The summed E-state index contributed by atoms with van der Waals surface area (Å²) < 4.78 is 15.8. The Hall–Kier alpha value is -1.20. The van der Waals surface area contributed by atoms with Gasteiger partial charge < -0.3 is 5.11 Å². The Morgan fingerprint density at radius 2 is 2.24 bits per heavy atom. The molecule has 5 heteroatoms. The molecule has 0 aliphatic rings. The fourth-order valence-corrected chi connectivity index (χ4v) is 2.31. The number of nitrogens with zero attached hydrogens (tertiary/aromatic N) is 2. The molecular formula is C12H12BrFN2O. The van der Waals surface area contributed by atoms with E-state index in [0.717, 1.165) is 5.69 Å². The highest BCUT2D eigenvalue weighted by Gasteiger charge is 2.17. The van der Waals surface area contributed by atoms with E-state index < -0.39 is 11.9 Å². The number of hydrogen-bond donors (Lipinski definition) is 1. The number of halogens is 2. The van der Waals surface area contributed by atoms with Gasteiger partial charge in [-0.3, -0.25) is 4.68 Å². The summed E-state index contributed by atoms with van der Waals surface area (Å²) in [6, 6.07) is 6.44. The highest BCUT2D eigenvalue weighted by Crippen LogP contribution is 2.28. The van der Waals surface area contributed by atoms with Gasteiger partial charge in [-0.05, 0) is 18.2 Å². The van der Waals surface area contributed by atoms with Crippen LogP contribution in [0.1, 0.15) is 17.4 Å². The molecule has 0 fully saturated rings. The second-order valence-corrected chi connectivity index (χ2v) is 4.69. The van der Waals surface area contributed by atoms with E-state index in [1.54, 1.807) is 36.1 Å². The molecular weight excluding hydrogens is 287 g/mol. The third-order valence-electron chi connectivity index (χ3n) is 2.50. The average molecular weight is 299 g/mol. The normalized spacial score (nSPS) is 12.7. The van der Waals surface area contributed by atoms with Gasteiger partial charge in [0.15, 0.2) is 0 Å². The smallest absolute Gasteiger partial charge is 0.130 e. The minimum absolute atomic E-state index is 0.276. The first-order chi connectivity index (χ1) is 8.08. The van der Waals surface area contributed by atoms with Crippen molar-refractivity contribution in [1.82, 2.24) is 9.78 Å². The largest absolute Gasteiger partial charge is 0.388 e. The summed E-state index contributed by atoms with van der Waals surface area (Å²) in [5, 5.41) is 14.2. The Bertz CT molecular complexity index is 507. The molecule has 90 valence electrons. The van der Waals surface area contributed by atoms with Crippen LogP contribution in [0.2, 0.25) is 0 Å². The van der Waals surface area contributed by atoms with Crippen LogP contribution in [0.5, 0.6) is 0 Å². The molecule has 1 heterocycles. The van der Waals surface area contributed by atoms with E-state index >= 15 is 0 Å². The van der Waals surface area contributed by atoms with Crippen LogP contribution < -0.4 is 0 Å². The van der Waals surface area contributed by atoms with Crippen molar-refractivity contribution < 1.29 is 9.50 Å². The summed E-state index contributed by atoms with van der Waals surface area (Å²) in [4.78, 5) is 0. The number of aryl methyl sites for hydroxylation is 1. The molecule has 0 aliphatic heterocycles. The Labute approximate surface area is 107 Å². The van der Waals surface area contributed by atoms with Crippen LogP contribution in [-0.2, 0) is 13.5 Å². The Morgan fingerprint density at radius 3 is 2.82 bits per heavy atom. The first-order valence-corrected chi connectivity index (χ1v) is 5.97. The van der Waals surface area contributed by atoms with Gasteiger partial charge in [0.1, 0.15) is 5.82 Å². The monoisotopic (exact) mass is 298 g/mol. The molecule has 0 aliphatic carbocycles. The van der Waals surface area contributed by atoms with Gasteiger partial charge in [-0.1, -0.05) is 22.0 Å². The van der Waals surface area contributed by atoms with Crippen molar-refractivity contribution in [2.75, 3.05) is 0 Å². The first kappa shape index (κ1) is 12.3. The van der Waals surface area contributed by atoms with E-state index in [4.69, 9.17) is 0 Å². The summed E-state index contributed by atoms with van der Waals surface area (Å²) in [6.45, 7) is 0. The van der Waals surface area contributed by atoms with Gasteiger partial charge in [-0.25, -0.2) is 4.39 Å². The molecule has 1 N–H and O–H groups in total. The maximum atomic E-state index is 13.6. The Kier molecular flexibility index (Phi) is 3.59. The van der Waals surface area contributed by atoms with Crippen molar-refractivity contribution in [3.05, 3.63) is 52.0 Å². The highest BCUT2D eigenvalue weighted by atomic mass is 79.9. The van der Waals surface area contributed by atoms with E-state index in [9.17, 15) is 9.50 Å². The molecule has 0 bridgehead atoms. The maximum Gasteiger partial charge on any atom is 0.130 e. The van der Waals surface area contributed by atoms with E-state index in [1.165, 1.54) is 6.07 Å². The Balaban J connectivity index is 2.22. The van der Waals surface area contributed by atoms with E-state index in [1.807, 2.05) is 0 Å². The zero-order valence-electron chi connectivity index (χ0n) is 9.27. The third-order valence-corrected chi connectivity index (χ3v) is 3.20. The molecule has 17 heavy (non-hydrogen) atoms. The lowest BCUT2D eigenvalue weighted by atomic mass is 10.0. The molecule has 3 nitrogen and oxygen atoms in total. The average Bonchev–Trinajstić information content (AvgIpc) is 2.63. The van der Waals surface area contributed by atoms with Crippen LogP contribution in [0, 0.1) is 5.82 Å². The molecule has 0 spiro atoms. The molecule has 0 saturated heterocycles. The minimum Gasteiger partial charge on any atom is -0.388 e. The second-order valence-electron chi connectivity index (χ2n) is 3.84. The van der Waals surface area contributed by atoms with Crippen LogP contribution in [0.3, 0.4) is 0 Å². The van der Waals surface area contributed by atoms with Gasteiger partial charge in [0.05, 0.1) is 11.8 Å². The zero-order valence-corrected chi connectivity index (χ0v) is 10.9. The van der Waals surface area contributed by atoms with Crippen LogP contribution in [0.25, 0.3) is 0 Å². The fraction of sp³-hybridized carbons (Fsp3) is 0.250. The number of hydrogen-bond acceptors (Lipinski definition) is 2. The summed E-state index contributed by atoms with van der Waals surface area (Å²) >= 11 is 3.24. The lowest BCUT2D eigenvalue weighted by Gasteiger charge is -2.12. The van der Waals surface area contributed by atoms with Crippen molar-refractivity contribution in [3.8, 4) is 0 Å². The van der Waals surface area contributed by atoms with E-state index in [0.29, 0.717) is 10.9 Å². The summed E-state index contributed by atoms with van der Waals surface area (Å²) in [6.07, 6.45) is 1.18. The fourth-order valence-electron chi connectivity index (χ4n) is 1.70.